The molecule has 1 saturated carbocycles. The van der Waals surface area contributed by atoms with Crippen LogP contribution in [0.25, 0.3) is 0 Å². The van der Waals surface area contributed by atoms with Gasteiger partial charge in [-0.1, -0.05) is 6.07 Å². The molecule has 1 N–H and O–H groups in total. The van der Waals surface area contributed by atoms with Gasteiger partial charge in [-0.3, -0.25) is 4.90 Å². The number of hydrogen-bond donors (Lipinski definition) is 1. The molecular formula is C24H30FN5O3S. The first kappa shape index (κ1) is 24.5. The van der Waals surface area contributed by atoms with E-state index in [1.165, 1.54) is 12.3 Å². The predicted molar refractivity (Wildman–Crippen MR) is 126 cm³/mol. The highest BCUT2D eigenvalue weighted by atomic mass is 32.2. The van der Waals surface area contributed by atoms with Gasteiger partial charge in [-0.2, -0.15) is 5.26 Å². The summed E-state index contributed by atoms with van der Waals surface area (Å²) in [6, 6.07) is 10.0. The minimum Gasteiger partial charge on any atom is -0.378 e. The van der Waals surface area contributed by atoms with Crippen LogP contribution in [0, 0.1) is 17.1 Å². The van der Waals surface area contributed by atoms with Crippen LogP contribution in [-0.4, -0.2) is 63.7 Å². The summed E-state index contributed by atoms with van der Waals surface area (Å²) in [6.45, 7) is 3.39. The molecule has 0 atom stereocenters. The summed E-state index contributed by atoms with van der Waals surface area (Å²) in [5.41, 5.74) is 0.938. The van der Waals surface area contributed by atoms with Gasteiger partial charge in [0.2, 0.25) is 10.0 Å². The van der Waals surface area contributed by atoms with Crippen molar-refractivity contribution in [1.82, 2.24) is 14.6 Å². The number of hydrogen-bond acceptors (Lipinski definition) is 7. The van der Waals surface area contributed by atoms with E-state index in [-0.39, 0.29) is 16.5 Å². The van der Waals surface area contributed by atoms with Crippen LogP contribution in [0.2, 0.25) is 0 Å². The van der Waals surface area contributed by atoms with Crippen molar-refractivity contribution in [2.45, 2.75) is 49.2 Å². The van der Waals surface area contributed by atoms with Crippen LogP contribution >= 0.6 is 0 Å². The number of nitriles is 1. The molecule has 34 heavy (non-hydrogen) atoms. The SMILES string of the molecule is CN(Cc1ccc(F)c(C#N)c1)[C@H]1CC[C@H](NS(=O)(=O)c2ccc(N3CCOCC3)nc2)CC1. The van der Waals surface area contributed by atoms with Crippen LogP contribution in [-0.2, 0) is 21.3 Å². The number of rotatable bonds is 7. The Balaban J connectivity index is 1.29. The van der Waals surface area contributed by atoms with Gasteiger partial charge in [-0.05, 0) is 62.6 Å². The van der Waals surface area contributed by atoms with Crippen molar-refractivity contribution in [3.05, 3.63) is 53.5 Å². The Hall–Kier alpha value is -2.58. The third-order valence-electron chi connectivity index (χ3n) is 6.59. The van der Waals surface area contributed by atoms with Gasteiger partial charge in [-0.25, -0.2) is 22.5 Å². The highest BCUT2D eigenvalue weighted by molar-refractivity contribution is 7.89. The summed E-state index contributed by atoms with van der Waals surface area (Å²) in [5.74, 6) is 0.251. The van der Waals surface area contributed by atoms with Gasteiger partial charge < -0.3 is 9.64 Å². The lowest BCUT2D eigenvalue weighted by atomic mass is 9.91. The normalized spacial score (nSPS) is 21.4. The fourth-order valence-electron chi connectivity index (χ4n) is 4.61. The van der Waals surface area contributed by atoms with Gasteiger partial charge in [0.15, 0.2) is 0 Å². The lowest BCUT2D eigenvalue weighted by molar-refractivity contribution is 0.122. The lowest BCUT2D eigenvalue weighted by Gasteiger charge is -2.35. The molecule has 2 aromatic rings. The molecule has 10 heteroatoms. The van der Waals surface area contributed by atoms with Gasteiger partial charge >= 0.3 is 0 Å². The highest BCUT2D eigenvalue weighted by Crippen LogP contribution is 2.25. The van der Waals surface area contributed by atoms with E-state index in [2.05, 4.69) is 19.5 Å². The smallest absolute Gasteiger partial charge is 0.242 e. The number of halogens is 1. The molecule has 1 saturated heterocycles. The van der Waals surface area contributed by atoms with Gasteiger partial charge in [-0.15, -0.1) is 0 Å². The number of sulfonamides is 1. The molecule has 8 nitrogen and oxygen atoms in total. The largest absolute Gasteiger partial charge is 0.378 e. The molecule has 2 fully saturated rings. The standard InChI is InChI=1S/C24H30FN5O3S/c1-29(17-18-2-8-23(25)19(14-18)15-26)21-5-3-20(4-6-21)28-34(31,32)22-7-9-24(27-16-22)30-10-12-33-13-11-30/h2,7-9,14,16,20-21,28H,3-6,10-13,17H2,1H3/t20-,21-. The van der Waals surface area contributed by atoms with Crippen molar-refractivity contribution in [3.8, 4) is 6.07 Å². The van der Waals surface area contributed by atoms with Crippen molar-refractivity contribution in [1.29, 1.82) is 5.26 Å². The van der Waals surface area contributed by atoms with Crippen molar-refractivity contribution < 1.29 is 17.5 Å². The molecule has 1 aliphatic heterocycles. The minimum absolute atomic E-state index is 0.0523. The Morgan fingerprint density at radius 1 is 1.21 bits per heavy atom. The van der Waals surface area contributed by atoms with Crippen molar-refractivity contribution in [2.75, 3.05) is 38.3 Å². The Morgan fingerprint density at radius 3 is 2.59 bits per heavy atom. The number of aromatic nitrogens is 1. The molecule has 1 aromatic carbocycles. The van der Waals surface area contributed by atoms with E-state index in [1.807, 2.05) is 13.1 Å². The fraction of sp³-hybridized carbons (Fsp3) is 0.500. The number of anilines is 1. The fourth-order valence-corrected chi connectivity index (χ4v) is 5.86. The number of pyridine rings is 1. The van der Waals surface area contributed by atoms with Crippen molar-refractivity contribution >= 4 is 15.8 Å². The van der Waals surface area contributed by atoms with E-state index in [0.29, 0.717) is 25.8 Å². The maximum absolute atomic E-state index is 13.6. The first-order valence-corrected chi connectivity index (χ1v) is 13.0. The first-order chi connectivity index (χ1) is 16.4. The van der Waals surface area contributed by atoms with Crippen LogP contribution in [0.5, 0.6) is 0 Å². The summed E-state index contributed by atoms with van der Waals surface area (Å²) >= 11 is 0. The summed E-state index contributed by atoms with van der Waals surface area (Å²) in [4.78, 5) is 8.80. The second kappa shape index (κ2) is 10.8. The third-order valence-corrected chi connectivity index (χ3v) is 8.10. The first-order valence-electron chi connectivity index (χ1n) is 11.6. The molecule has 182 valence electrons. The van der Waals surface area contributed by atoms with Gasteiger partial charge in [0.1, 0.15) is 22.6 Å². The Kier molecular flexibility index (Phi) is 7.78. The van der Waals surface area contributed by atoms with Gasteiger partial charge in [0.05, 0.1) is 18.8 Å². The maximum Gasteiger partial charge on any atom is 0.242 e. The minimum atomic E-state index is -3.64. The number of morpholine rings is 1. The summed E-state index contributed by atoms with van der Waals surface area (Å²) < 4.78 is 47.5. The van der Waals surface area contributed by atoms with E-state index < -0.39 is 15.8 Å². The third kappa shape index (κ3) is 5.91. The second-order valence-corrected chi connectivity index (χ2v) is 10.6. The molecule has 0 amide bonds. The Bertz CT molecular complexity index is 1120. The van der Waals surface area contributed by atoms with Crippen LogP contribution in [0.15, 0.2) is 41.4 Å². The van der Waals surface area contributed by atoms with Crippen molar-refractivity contribution in [3.63, 3.8) is 0 Å². The Labute approximate surface area is 200 Å². The highest BCUT2D eigenvalue weighted by Gasteiger charge is 2.28. The summed E-state index contributed by atoms with van der Waals surface area (Å²) in [6.07, 6.45) is 4.60. The van der Waals surface area contributed by atoms with Crippen LogP contribution in [0.4, 0.5) is 10.2 Å². The molecule has 2 heterocycles. The Morgan fingerprint density at radius 2 is 1.94 bits per heavy atom. The van der Waals surface area contributed by atoms with Crippen LogP contribution in [0.1, 0.15) is 36.8 Å². The molecule has 1 aromatic heterocycles. The molecule has 4 rings (SSSR count). The molecule has 0 spiro atoms. The predicted octanol–water partition coefficient (Wildman–Crippen LogP) is 2.65. The van der Waals surface area contributed by atoms with Crippen LogP contribution < -0.4 is 9.62 Å². The van der Waals surface area contributed by atoms with Gasteiger partial charge in [0, 0.05) is 37.9 Å². The lowest BCUT2D eigenvalue weighted by Crippen LogP contribution is -2.42. The zero-order valence-corrected chi connectivity index (χ0v) is 20.1. The summed E-state index contributed by atoms with van der Waals surface area (Å²) in [5, 5.41) is 9.03. The van der Waals surface area contributed by atoms with E-state index in [0.717, 1.165) is 50.2 Å². The number of nitrogens with one attached hydrogen (secondary N) is 1. The average molecular weight is 488 g/mol. The molecule has 0 bridgehead atoms. The van der Waals surface area contributed by atoms with Crippen molar-refractivity contribution in [2.24, 2.45) is 0 Å². The van der Waals surface area contributed by atoms with Gasteiger partial charge in [0.25, 0.3) is 0 Å². The molecular weight excluding hydrogens is 457 g/mol. The number of nitrogens with zero attached hydrogens (tertiary/aromatic N) is 4. The molecule has 0 unspecified atom stereocenters. The maximum atomic E-state index is 13.6. The van der Waals surface area contributed by atoms with E-state index in [9.17, 15) is 12.8 Å². The van der Waals surface area contributed by atoms with E-state index >= 15 is 0 Å². The quantitative estimate of drug-likeness (QED) is 0.641. The summed E-state index contributed by atoms with van der Waals surface area (Å²) in [7, 11) is -1.63. The molecule has 2 aliphatic rings. The zero-order valence-electron chi connectivity index (χ0n) is 19.3. The average Bonchev–Trinajstić information content (AvgIpc) is 2.86. The van der Waals surface area contributed by atoms with E-state index in [1.54, 1.807) is 24.3 Å². The topological polar surface area (TPSA) is 98.6 Å². The number of benzene rings is 1. The zero-order chi connectivity index (χ0) is 24.1. The second-order valence-electron chi connectivity index (χ2n) is 8.92. The van der Waals surface area contributed by atoms with E-state index in [4.69, 9.17) is 10.00 Å². The monoisotopic (exact) mass is 487 g/mol. The molecule has 0 radical (unpaired) electrons. The molecule has 1 aliphatic carbocycles. The number of ether oxygens (including phenoxy) is 1. The van der Waals surface area contributed by atoms with Crippen LogP contribution in [0.3, 0.4) is 0 Å².